The Morgan fingerprint density at radius 3 is 2.27 bits per heavy atom. The maximum atomic E-state index is 10.0. The third-order valence-electron chi connectivity index (χ3n) is 2.40. The van der Waals surface area contributed by atoms with Crippen LogP contribution >= 0.6 is 0 Å². The van der Waals surface area contributed by atoms with Gasteiger partial charge < -0.3 is 10.5 Å². The lowest BCUT2D eigenvalue weighted by Crippen LogP contribution is -2.38. The van der Waals surface area contributed by atoms with Crippen molar-refractivity contribution < 1.29 is 4.79 Å². The Bertz CT molecular complexity index is 108. The summed E-state index contributed by atoms with van der Waals surface area (Å²) in [5.41, 5.74) is 6.00. The van der Waals surface area contributed by atoms with Crippen molar-refractivity contribution in [2.75, 3.05) is 0 Å². The second-order valence-electron chi connectivity index (χ2n) is 3.13. The smallest absolute Gasteiger partial charge is 0.119 e. The zero-order chi connectivity index (χ0) is 8.74. The SMILES string of the molecule is CCC(N)(CC)CCCC=O. The van der Waals surface area contributed by atoms with Gasteiger partial charge in [-0.2, -0.15) is 0 Å². The molecule has 0 amide bonds. The van der Waals surface area contributed by atoms with Crippen molar-refractivity contribution in [3.8, 4) is 0 Å². The highest BCUT2D eigenvalue weighted by atomic mass is 16.1. The van der Waals surface area contributed by atoms with Crippen LogP contribution in [0.2, 0.25) is 0 Å². The fraction of sp³-hybridized carbons (Fsp3) is 0.889. The van der Waals surface area contributed by atoms with Gasteiger partial charge in [-0.15, -0.1) is 0 Å². The van der Waals surface area contributed by atoms with Crippen molar-refractivity contribution in [2.45, 2.75) is 51.5 Å². The second-order valence-corrected chi connectivity index (χ2v) is 3.13. The number of carbonyl (C=O) groups is 1. The molecule has 0 radical (unpaired) electrons. The van der Waals surface area contributed by atoms with Crippen molar-refractivity contribution in [3.05, 3.63) is 0 Å². The summed E-state index contributed by atoms with van der Waals surface area (Å²) in [6.45, 7) is 4.20. The average Bonchev–Trinajstić information content (AvgIpc) is 2.05. The van der Waals surface area contributed by atoms with Crippen LogP contribution in [0.3, 0.4) is 0 Å². The lowest BCUT2D eigenvalue weighted by atomic mass is 9.88. The highest BCUT2D eigenvalue weighted by Crippen LogP contribution is 2.18. The second kappa shape index (κ2) is 5.30. The highest BCUT2D eigenvalue weighted by Gasteiger charge is 2.18. The molecular weight excluding hydrogens is 138 g/mol. The highest BCUT2D eigenvalue weighted by molar-refractivity contribution is 5.48. The minimum absolute atomic E-state index is 0.0248. The van der Waals surface area contributed by atoms with Gasteiger partial charge in [0.2, 0.25) is 0 Å². The van der Waals surface area contributed by atoms with E-state index in [4.69, 9.17) is 5.73 Å². The molecule has 0 aromatic heterocycles. The van der Waals surface area contributed by atoms with Gasteiger partial charge in [0.25, 0.3) is 0 Å². The molecule has 2 nitrogen and oxygen atoms in total. The first-order valence-corrected chi connectivity index (χ1v) is 4.41. The summed E-state index contributed by atoms with van der Waals surface area (Å²) in [5, 5.41) is 0. The van der Waals surface area contributed by atoms with Crippen molar-refractivity contribution in [3.63, 3.8) is 0 Å². The van der Waals surface area contributed by atoms with Crippen LogP contribution in [0.1, 0.15) is 46.0 Å². The number of unbranched alkanes of at least 4 members (excludes halogenated alkanes) is 1. The third kappa shape index (κ3) is 4.14. The molecule has 2 heteroatoms. The van der Waals surface area contributed by atoms with Crippen molar-refractivity contribution >= 4 is 6.29 Å². The van der Waals surface area contributed by atoms with E-state index in [0.717, 1.165) is 32.0 Å². The molecule has 2 N–H and O–H groups in total. The Morgan fingerprint density at radius 2 is 1.91 bits per heavy atom. The van der Waals surface area contributed by atoms with Crippen LogP contribution in [0.5, 0.6) is 0 Å². The first-order valence-electron chi connectivity index (χ1n) is 4.41. The quantitative estimate of drug-likeness (QED) is 0.472. The molecule has 0 spiro atoms. The van der Waals surface area contributed by atoms with Crippen LogP contribution in [0.15, 0.2) is 0 Å². The summed E-state index contributed by atoms with van der Waals surface area (Å²) >= 11 is 0. The topological polar surface area (TPSA) is 43.1 Å². The van der Waals surface area contributed by atoms with E-state index >= 15 is 0 Å². The van der Waals surface area contributed by atoms with E-state index in [9.17, 15) is 4.79 Å². The molecule has 0 aromatic carbocycles. The summed E-state index contributed by atoms with van der Waals surface area (Å²) in [4.78, 5) is 10.0. The molecule has 0 saturated heterocycles. The van der Waals surface area contributed by atoms with E-state index in [-0.39, 0.29) is 5.54 Å². The Hall–Kier alpha value is -0.370. The summed E-state index contributed by atoms with van der Waals surface area (Å²) < 4.78 is 0. The summed E-state index contributed by atoms with van der Waals surface area (Å²) in [6, 6.07) is 0. The van der Waals surface area contributed by atoms with Crippen LogP contribution in [0.4, 0.5) is 0 Å². The predicted octanol–water partition coefficient (Wildman–Crippen LogP) is 1.87. The van der Waals surface area contributed by atoms with E-state index in [0.29, 0.717) is 6.42 Å². The largest absolute Gasteiger partial charge is 0.325 e. The minimum Gasteiger partial charge on any atom is -0.325 e. The number of aldehydes is 1. The molecule has 0 aliphatic heterocycles. The zero-order valence-electron chi connectivity index (χ0n) is 7.60. The fourth-order valence-electron chi connectivity index (χ4n) is 1.14. The number of nitrogens with two attached hydrogens (primary N) is 1. The third-order valence-corrected chi connectivity index (χ3v) is 2.40. The van der Waals surface area contributed by atoms with Gasteiger partial charge >= 0.3 is 0 Å². The molecule has 0 fully saturated rings. The Labute approximate surface area is 69.2 Å². The van der Waals surface area contributed by atoms with Crippen molar-refractivity contribution in [2.24, 2.45) is 5.73 Å². The normalized spacial score (nSPS) is 11.5. The molecule has 66 valence electrons. The molecule has 0 aromatic rings. The lowest BCUT2D eigenvalue weighted by molar-refractivity contribution is -0.108. The van der Waals surface area contributed by atoms with Crippen LogP contribution in [0, 0.1) is 0 Å². The monoisotopic (exact) mass is 157 g/mol. The Kier molecular flexibility index (Phi) is 5.12. The first-order chi connectivity index (χ1) is 5.18. The molecule has 0 unspecified atom stereocenters. The van der Waals surface area contributed by atoms with Gasteiger partial charge in [-0.25, -0.2) is 0 Å². The fourth-order valence-corrected chi connectivity index (χ4v) is 1.14. The summed E-state index contributed by atoms with van der Waals surface area (Å²) in [5.74, 6) is 0. The summed E-state index contributed by atoms with van der Waals surface area (Å²) in [6.07, 6.45) is 5.52. The van der Waals surface area contributed by atoms with E-state index < -0.39 is 0 Å². The molecule has 11 heavy (non-hydrogen) atoms. The number of rotatable bonds is 6. The molecule has 0 aliphatic carbocycles. The van der Waals surface area contributed by atoms with E-state index in [1.165, 1.54) is 0 Å². The number of hydrogen-bond donors (Lipinski definition) is 1. The predicted molar refractivity (Wildman–Crippen MR) is 47.4 cm³/mol. The van der Waals surface area contributed by atoms with Gasteiger partial charge in [0.05, 0.1) is 0 Å². The zero-order valence-corrected chi connectivity index (χ0v) is 7.60. The lowest BCUT2D eigenvalue weighted by Gasteiger charge is -2.26. The van der Waals surface area contributed by atoms with Crippen LogP contribution < -0.4 is 5.73 Å². The van der Waals surface area contributed by atoms with Crippen LogP contribution in [0.25, 0.3) is 0 Å². The van der Waals surface area contributed by atoms with E-state index in [2.05, 4.69) is 13.8 Å². The minimum atomic E-state index is -0.0248. The number of hydrogen-bond acceptors (Lipinski definition) is 2. The molecule has 0 rings (SSSR count). The summed E-state index contributed by atoms with van der Waals surface area (Å²) in [7, 11) is 0. The standard InChI is InChI=1S/C9H19NO/c1-3-9(10,4-2)7-5-6-8-11/h8H,3-7,10H2,1-2H3. The molecular formula is C9H19NO. The maximum Gasteiger partial charge on any atom is 0.119 e. The van der Waals surface area contributed by atoms with Crippen LogP contribution in [-0.2, 0) is 4.79 Å². The van der Waals surface area contributed by atoms with E-state index in [1.807, 2.05) is 0 Å². The first kappa shape index (κ1) is 10.6. The molecule has 0 saturated carbocycles. The maximum absolute atomic E-state index is 10.0. The average molecular weight is 157 g/mol. The Morgan fingerprint density at radius 1 is 1.36 bits per heavy atom. The molecule has 0 heterocycles. The van der Waals surface area contributed by atoms with E-state index in [1.54, 1.807) is 0 Å². The van der Waals surface area contributed by atoms with Crippen molar-refractivity contribution in [1.29, 1.82) is 0 Å². The van der Waals surface area contributed by atoms with Gasteiger partial charge in [-0.05, 0) is 25.7 Å². The molecule has 0 aliphatic rings. The Balaban J connectivity index is 3.59. The van der Waals surface area contributed by atoms with Gasteiger partial charge in [0.15, 0.2) is 0 Å². The number of carbonyl (C=O) groups excluding carboxylic acids is 1. The van der Waals surface area contributed by atoms with Crippen LogP contribution in [-0.4, -0.2) is 11.8 Å². The van der Waals surface area contributed by atoms with Gasteiger partial charge in [-0.3, -0.25) is 0 Å². The van der Waals surface area contributed by atoms with Gasteiger partial charge in [-0.1, -0.05) is 13.8 Å². The van der Waals surface area contributed by atoms with Crippen molar-refractivity contribution in [1.82, 2.24) is 0 Å². The van der Waals surface area contributed by atoms with Gasteiger partial charge in [0.1, 0.15) is 6.29 Å². The molecule has 0 atom stereocenters. The van der Waals surface area contributed by atoms with Gasteiger partial charge in [0, 0.05) is 12.0 Å². The molecule has 0 bridgehead atoms.